The molecule has 0 bridgehead atoms. The van der Waals surface area contributed by atoms with Gasteiger partial charge in [0.25, 0.3) is 0 Å². The quantitative estimate of drug-likeness (QED) is 0.847. The Kier molecular flexibility index (Phi) is 3.99. The van der Waals surface area contributed by atoms with Crippen molar-refractivity contribution in [1.82, 2.24) is 5.23 Å². The summed E-state index contributed by atoms with van der Waals surface area (Å²) in [6.07, 6.45) is 0.681. The van der Waals surface area contributed by atoms with Crippen LogP contribution in [0.3, 0.4) is 0 Å². The molecule has 0 unspecified atom stereocenters. The van der Waals surface area contributed by atoms with E-state index < -0.39 is 6.10 Å². The Balaban J connectivity index is 1.84. The highest BCUT2D eigenvalue weighted by atomic mass is 17.0. The van der Waals surface area contributed by atoms with E-state index in [4.69, 9.17) is 19.7 Å². The zero-order chi connectivity index (χ0) is 13.9. The molecule has 0 saturated carbocycles. The maximum atomic E-state index is 9.05. The Morgan fingerprint density at radius 2 is 2.10 bits per heavy atom. The molecule has 1 aromatic carbocycles. The van der Waals surface area contributed by atoms with Gasteiger partial charge >= 0.3 is 0 Å². The lowest BCUT2D eigenvalue weighted by molar-refractivity contribution is -0.434. The smallest absolute Gasteiger partial charge is 0.180 e. The zero-order valence-corrected chi connectivity index (χ0v) is 11.4. The molecule has 0 radical (unpaired) electrons. The van der Waals surface area contributed by atoms with Crippen LogP contribution in [0.4, 0.5) is 0 Å². The summed E-state index contributed by atoms with van der Waals surface area (Å²) in [4.78, 5) is 11.2. The number of rotatable bonds is 3. The van der Waals surface area contributed by atoms with Gasteiger partial charge in [0.1, 0.15) is 0 Å². The SMILES string of the molecule is CCO[C@@H]1C[C@H](c2ccccc2)[C@H]2C[C@@H](C#N)ON2O1. The van der Waals surface area contributed by atoms with E-state index in [1.165, 1.54) is 10.8 Å². The van der Waals surface area contributed by atoms with Gasteiger partial charge in [0.05, 0.1) is 12.1 Å². The van der Waals surface area contributed by atoms with Crippen LogP contribution in [0, 0.1) is 11.3 Å². The molecule has 3 rings (SSSR count). The summed E-state index contributed by atoms with van der Waals surface area (Å²) in [6.45, 7) is 2.53. The van der Waals surface area contributed by atoms with Crippen LogP contribution in [0.15, 0.2) is 30.3 Å². The lowest BCUT2D eigenvalue weighted by Gasteiger charge is -2.38. The van der Waals surface area contributed by atoms with E-state index in [1.807, 2.05) is 25.1 Å². The monoisotopic (exact) mass is 274 g/mol. The largest absolute Gasteiger partial charge is 0.351 e. The minimum atomic E-state index is -0.438. The van der Waals surface area contributed by atoms with Gasteiger partial charge in [0.2, 0.25) is 0 Å². The van der Waals surface area contributed by atoms with Gasteiger partial charge in [0.15, 0.2) is 12.4 Å². The van der Waals surface area contributed by atoms with Crippen LogP contribution in [0.5, 0.6) is 0 Å². The Morgan fingerprint density at radius 1 is 1.30 bits per heavy atom. The fourth-order valence-corrected chi connectivity index (χ4v) is 2.91. The maximum Gasteiger partial charge on any atom is 0.180 e. The van der Waals surface area contributed by atoms with Crippen LogP contribution < -0.4 is 0 Å². The number of ether oxygens (including phenoxy) is 1. The number of nitrogens with zero attached hydrogens (tertiary/aromatic N) is 2. The highest BCUT2D eigenvalue weighted by Crippen LogP contribution is 2.40. The second-order valence-electron chi connectivity index (χ2n) is 5.05. The molecule has 20 heavy (non-hydrogen) atoms. The molecule has 0 N–H and O–H groups in total. The number of hydroxylamine groups is 2. The molecule has 2 aliphatic heterocycles. The number of hydrogen-bond acceptors (Lipinski definition) is 5. The first-order valence-corrected chi connectivity index (χ1v) is 7.00. The Hall–Kier alpha value is -1.45. The first-order valence-electron chi connectivity index (χ1n) is 7.00. The highest BCUT2D eigenvalue weighted by molar-refractivity contribution is 5.22. The van der Waals surface area contributed by atoms with Crippen LogP contribution in [0.1, 0.15) is 31.2 Å². The second kappa shape index (κ2) is 5.90. The lowest BCUT2D eigenvalue weighted by atomic mass is 9.85. The van der Waals surface area contributed by atoms with Gasteiger partial charge in [-0.25, -0.2) is 4.84 Å². The molecule has 0 spiro atoms. The third-order valence-corrected chi connectivity index (χ3v) is 3.81. The topological polar surface area (TPSA) is 54.7 Å². The molecule has 0 aliphatic carbocycles. The summed E-state index contributed by atoms with van der Waals surface area (Å²) in [5.74, 6) is 0.250. The Labute approximate surface area is 118 Å². The first kappa shape index (κ1) is 13.5. The van der Waals surface area contributed by atoms with E-state index in [-0.39, 0.29) is 18.2 Å². The minimum Gasteiger partial charge on any atom is -0.351 e. The van der Waals surface area contributed by atoms with E-state index in [9.17, 15) is 0 Å². The first-order chi connectivity index (χ1) is 9.81. The standard InChI is InChI=1S/C15H18N2O3/c1-2-18-15-9-13(11-6-4-3-5-7-11)14-8-12(10-16)19-17(14)20-15/h3-7,12-15H,2,8-9H2,1H3/t12-,13+,14+,15-/m0/s1. The number of nitriles is 1. The molecule has 1 aromatic rings. The van der Waals surface area contributed by atoms with Gasteiger partial charge in [0, 0.05) is 25.4 Å². The van der Waals surface area contributed by atoms with Crippen molar-refractivity contribution in [2.75, 3.05) is 6.61 Å². The van der Waals surface area contributed by atoms with Gasteiger partial charge in [-0.15, -0.1) is 0 Å². The van der Waals surface area contributed by atoms with Gasteiger partial charge in [-0.1, -0.05) is 35.6 Å². The molecule has 2 saturated heterocycles. The van der Waals surface area contributed by atoms with Crippen LogP contribution in [-0.4, -0.2) is 30.3 Å². The fourth-order valence-electron chi connectivity index (χ4n) is 2.91. The van der Waals surface area contributed by atoms with Crippen molar-refractivity contribution in [3.63, 3.8) is 0 Å². The van der Waals surface area contributed by atoms with E-state index in [2.05, 4.69) is 18.2 Å². The highest BCUT2D eigenvalue weighted by Gasteiger charge is 2.46. The lowest BCUT2D eigenvalue weighted by Crippen LogP contribution is -2.44. The van der Waals surface area contributed by atoms with Crippen molar-refractivity contribution in [2.45, 2.75) is 44.1 Å². The molecule has 5 heteroatoms. The average molecular weight is 274 g/mol. The van der Waals surface area contributed by atoms with Crippen molar-refractivity contribution in [3.05, 3.63) is 35.9 Å². The summed E-state index contributed by atoms with van der Waals surface area (Å²) >= 11 is 0. The van der Waals surface area contributed by atoms with Crippen molar-refractivity contribution >= 4 is 0 Å². The van der Waals surface area contributed by atoms with Crippen molar-refractivity contribution in [1.29, 1.82) is 5.26 Å². The fraction of sp³-hybridized carbons (Fsp3) is 0.533. The van der Waals surface area contributed by atoms with E-state index in [0.29, 0.717) is 13.0 Å². The van der Waals surface area contributed by atoms with E-state index in [1.54, 1.807) is 0 Å². The van der Waals surface area contributed by atoms with Crippen LogP contribution in [-0.2, 0) is 14.4 Å². The van der Waals surface area contributed by atoms with Crippen molar-refractivity contribution < 1.29 is 14.4 Å². The number of fused-ring (bicyclic) bond motifs is 1. The normalized spacial score (nSPS) is 33.6. The Morgan fingerprint density at radius 3 is 2.80 bits per heavy atom. The summed E-state index contributed by atoms with van der Waals surface area (Å²) in [7, 11) is 0. The van der Waals surface area contributed by atoms with Gasteiger partial charge in [-0.2, -0.15) is 5.26 Å². The Bertz CT molecular complexity index is 488. The molecule has 0 amide bonds. The van der Waals surface area contributed by atoms with E-state index >= 15 is 0 Å². The maximum absolute atomic E-state index is 9.05. The molecule has 4 atom stereocenters. The molecular weight excluding hydrogens is 256 g/mol. The predicted octanol–water partition coefficient (Wildman–Crippen LogP) is 2.37. The van der Waals surface area contributed by atoms with E-state index in [0.717, 1.165) is 6.42 Å². The summed E-state index contributed by atoms with van der Waals surface area (Å²) < 4.78 is 5.58. The van der Waals surface area contributed by atoms with Gasteiger partial charge in [-0.3, -0.25) is 4.84 Å². The van der Waals surface area contributed by atoms with Crippen LogP contribution >= 0.6 is 0 Å². The third kappa shape index (κ3) is 2.56. The minimum absolute atomic E-state index is 0.0683. The average Bonchev–Trinajstić information content (AvgIpc) is 2.91. The van der Waals surface area contributed by atoms with Crippen molar-refractivity contribution in [3.8, 4) is 6.07 Å². The third-order valence-electron chi connectivity index (χ3n) is 3.81. The molecule has 2 aliphatic rings. The molecule has 2 fully saturated rings. The summed E-state index contributed by atoms with van der Waals surface area (Å²) in [6, 6.07) is 12.5. The van der Waals surface area contributed by atoms with Crippen LogP contribution in [0.25, 0.3) is 0 Å². The van der Waals surface area contributed by atoms with Crippen LogP contribution in [0.2, 0.25) is 0 Å². The predicted molar refractivity (Wildman–Crippen MR) is 71.0 cm³/mol. The van der Waals surface area contributed by atoms with Gasteiger partial charge < -0.3 is 4.74 Å². The molecule has 5 nitrogen and oxygen atoms in total. The summed E-state index contributed by atoms with van der Waals surface area (Å²) in [5.41, 5.74) is 1.23. The van der Waals surface area contributed by atoms with Gasteiger partial charge in [-0.05, 0) is 12.5 Å². The van der Waals surface area contributed by atoms with Crippen molar-refractivity contribution in [2.24, 2.45) is 0 Å². The number of hydrogen-bond donors (Lipinski definition) is 0. The molecular formula is C15H18N2O3. The second-order valence-corrected chi connectivity index (χ2v) is 5.05. The number of benzene rings is 1. The zero-order valence-electron chi connectivity index (χ0n) is 11.4. The summed E-state index contributed by atoms with van der Waals surface area (Å²) in [5, 5.41) is 10.5. The molecule has 106 valence electrons. The molecule has 2 heterocycles. The molecule has 0 aromatic heterocycles.